The standard InChI is InChI=1S/C10H19N3O3/c1-13-5-4-7(6-13)12-10(16)8(11)2-3-9(14)15/h7-8H,2-6,11H2,1H3,(H,12,16)(H,14,15). The Labute approximate surface area is 94.8 Å². The van der Waals surface area contributed by atoms with Crippen molar-refractivity contribution in [1.29, 1.82) is 0 Å². The van der Waals surface area contributed by atoms with Crippen LogP contribution in [0.5, 0.6) is 0 Å². The van der Waals surface area contributed by atoms with E-state index >= 15 is 0 Å². The molecule has 0 radical (unpaired) electrons. The number of carbonyl (C=O) groups is 2. The van der Waals surface area contributed by atoms with E-state index in [-0.39, 0.29) is 24.8 Å². The van der Waals surface area contributed by atoms with E-state index < -0.39 is 12.0 Å². The summed E-state index contributed by atoms with van der Waals surface area (Å²) < 4.78 is 0. The summed E-state index contributed by atoms with van der Waals surface area (Å²) >= 11 is 0. The number of rotatable bonds is 5. The number of nitrogens with one attached hydrogen (secondary N) is 1. The average molecular weight is 229 g/mol. The predicted octanol–water partition coefficient (Wildman–Crippen LogP) is -1.00. The van der Waals surface area contributed by atoms with Crippen LogP contribution in [0, 0.1) is 0 Å². The third kappa shape index (κ3) is 4.16. The lowest BCUT2D eigenvalue weighted by Crippen LogP contribution is -2.46. The number of amides is 1. The van der Waals surface area contributed by atoms with Crippen molar-refractivity contribution in [3.63, 3.8) is 0 Å². The van der Waals surface area contributed by atoms with E-state index in [1.165, 1.54) is 0 Å². The van der Waals surface area contributed by atoms with Gasteiger partial charge in [0.1, 0.15) is 0 Å². The highest BCUT2D eigenvalue weighted by atomic mass is 16.4. The van der Waals surface area contributed by atoms with Crippen LogP contribution in [-0.4, -0.2) is 54.1 Å². The molecular weight excluding hydrogens is 210 g/mol. The highest BCUT2D eigenvalue weighted by molar-refractivity contribution is 5.82. The van der Waals surface area contributed by atoms with Gasteiger partial charge in [0.25, 0.3) is 0 Å². The topological polar surface area (TPSA) is 95.7 Å². The lowest BCUT2D eigenvalue weighted by atomic mass is 10.1. The molecule has 1 fully saturated rings. The molecule has 1 saturated heterocycles. The van der Waals surface area contributed by atoms with Crippen LogP contribution in [-0.2, 0) is 9.59 Å². The van der Waals surface area contributed by atoms with Gasteiger partial charge in [-0.15, -0.1) is 0 Å². The molecule has 6 heteroatoms. The Kier molecular flexibility index (Phi) is 4.70. The molecule has 6 nitrogen and oxygen atoms in total. The van der Waals surface area contributed by atoms with Crippen LogP contribution in [0.1, 0.15) is 19.3 Å². The Bertz CT molecular complexity index is 270. The molecular formula is C10H19N3O3. The lowest BCUT2D eigenvalue weighted by Gasteiger charge is -2.16. The van der Waals surface area contributed by atoms with Crippen LogP contribution in [0.25, 0.3) is 0 Å². The molecule has 1 amide bonds. The first-order valence-electron chi connectivity index (χ1n) is 5.45. The summed E-state index contributed by atoms with van der Waals surface area (Å²) in [6.45, 7) is 1.80. The minimum absolute atomic E-state index is 0.0703. The number of hydrogen-bond donors (Lipinski definition) is 3. The second-order valence-electron chi connectivity index (χ2n) is 4.30. The van der Waals surface area contributed by atoms with Gasteiger partial charge in [-0.2, -0.15) is 0 Å². The summed E-state index contributed by atoms with van der Waals surface area (Å²) in [5.74, 6) is -1.18. The Morgan fingerprint density at radius 1 is 1.62 bits per heavy atom. The van der Waals surface area contributed by atoms with E-state index in [0.717, 1.165) is 19.5 Å². The van der Waals surface area contributed by atoms with Crippen LogP contribution in [0.3, 0.4) is 0 Å². The van der Waals surface area contributed by atoms with Crippen molar-refractivity contribution in [3.05, 3.63) is 0 Å². The Morgan fingerprint density at radius 3 is 2.81 bits per heavy atom. The van der Waals surface area contributed by atoms with E-state index in [1.54, 1.807) is 0 Å². The maximum Gasteiger partial charge on any atom is 0.303 e. The number of carbonyl (C=O) groups excluding carboxylic acids is 1. The van der Waals surface area contributed by atoms with Gasteiger partial charge >= 0.3 is 5.97 Å². The quantitative estimate of drug-likeness (QED) is 0.562. The zero-order valence-electron chi connectivity index (χ0n) is 9.48. The molecule has 1 rings (SSSR count). The van der Waals surface area contributed by atoms with E-state index in [9.17, 15) is 9.59 Å². The Morgan fingerprint density at radius 2 is 2.31 bits per heavy atom. The minimum Gasteiger partial charge on any atom is -0.481 e. The van der Waals surface area contributed by atoms with Crippen LogP contribution in [0.2, 0.25) is 0 Å². The summed E-state index contributed by atoms with van der Waals surface area (Å²) in [6.07, 6.45) is 1.04. The fourth-order valence-corrected chi connectivity index (χ4v) is 1.77. The van der Waals surface area contributed by atoms with Crippen molar-refractivity contribution < 1.29 is 14.7 Å². The Hall–Kier alpha value is -1.14. The molecule has 0 spiro atoms. The van der Waals surface area contributed by atoms with Gasteiger partial charge in [0.2, 0.25) is 5.91 Å². The van der Waals surface area contributed by atoms with Gasteiger partial charge in [-0.25, -0.2) is 0 Å². The van der Waals surface area contributed by atoms with E-state index in [2.05, 4.69) is 10.2 Å². The SMILES string of the molecule is CN1CCC(NC(=O)C(N)CCC(=O)O)C1. The molecule has 0 bridgehead atoms. The van der Waals surface area contributed by atoms with Gasteiger partial charge in [-0.1, -0.05) is 0 Å². The maximum absolute atomic E-state index is 11.6. The van der Waals surface area contributed by atoms with Crippen molar-refractivity contribution in [2.75, 3.05) is 20.1 Å². The molecule has 1 aliphatic rings. The largest absolute Gasteiger partial charge is 0.481 e. The van der Waals surface area contributed by atoms with Crippen molar-refractivity contribution in [2.45, 2.75) is 31.3 Å². The Balaban J connectivity index is 2.26. The molecule has 0 aromatic carbocycles. The van der Waals surface area contributed by atoms with E-state index in [0.29, 0.717) is 0 Å². The van der Waals surface area contributed by atoms with Crippen LogP contribution >= 0.6 is 0 Å². The van der Waals surface area contributed by atoms with Crippen LogP contribution in [0.15, 0.2) is 0 Å². The molecule has 4 N–H and O–H groups in total. The lowest BCUT2D eigenvalue weighted by molar-refractivity contribution is -0.137. The number of likely N-dealkylation sites (tertiary alicyclic amines) is 1. The summed E-state index contributed by atoms with van der Waals surface area (Å²) in [6, 6.07) is -0.574. The number of nitrogens with two attached hydrogens (primary N) is 1. The second-order valence-corrected chi connectivity index (χ2v) is 4.30. The summed E-state index contributed by atoms with van der Waals surface area (Å²) in [5.41, 5.74) is 5.59. The smallest absolute Gasteiger partial charge is 0.303 e. The average Bonchev–Trinajstić information content (AvgIpc) is 2.60. The molecule has 0 aromatic rings. The first kappa shape index (κ1) is 12.9. The number of carboxylic acid groups (broad SMARTS) is 1. The number of aliphatic carboxylic acids is 1. The second kappa shape index (κ2) is 5.81. The van der Waals surface area contributed by atoms with Crippen molar-refractivity contribution in [3.8, 4) is 0 Å². The molecule has 1 aliphatic heterocycles. The van der Waals surface area contributed by atoms with Gasteiger partial charge in [-0.3, -0.25) is 9.59 Å². The molecule has 92 valence electrons. The van der Waals surface area contributed by atoms with Gasteiger partial charge in [0.05, 0.1) is 6.04 Å². The van der Waals surface area contributed by atoms with Crippen LogP contribution < -0.4 is 11.1 Å². The van der Waals surface area contributed by atoms with Crippen molar-refractivity contribution in [2.24, 2.45) is 5.73 Å². The van der Waals surface area contributed by atoms with Crippen molar-refractivity contribution in [1.82, 2.24) is 10.2 Å². The molecule has 0 aromatic heterocycles. The fraction of sp³-hybridized carbons (Fsp3) is 0.800. The maximum atomic E-state index is 11.6. The summed E-state index contributed by atoms with van der Waals surface area (Å²) in [5, 5.41) is 11.3. The summed E-state index contributed by atoms with van der Waals surface area (Å²) in [7, 11) is 2.00. The predicted molar refractivity (Wildman–Crippen MR) is 58.9 cm³/mol. The van der Waals surface area contributed by atoms with Gasteiger partial charge < -0.3 is 21.1 Å². The van der Waals surface area contributed by atoms with Gasteiger partial charge in [0.15, 0.2) is 0 Å². The molecule has 1 heterocycles. The van der Waals surface area contributed by atoms with Crippen molar-refractivity contribution >= 4 is 11.9 Å². The van der Waals surface area contributed by atoms with Gasteiger partial charge in [0, 0.05) is 19.0 Å². The van der Waals surface area contributed by atoms with Crippen LogP contribution in [0.4, 0.5) is 0 Å². The highest BCUT2D eigenvalue weighted by Crippen LogP contribution is 2.06. The number of carboxylic acids is 1. The first-order chi connectivity index (χ1) is 7.49. The van der Waals surface area contributed by atoms with E-state index in [4.69, 9.17) is 10.8 Å². The molecule has 2 atom stereocenters. The monoisotopic (exact) mass is 229 g/mol. The van der Waals surface area contributed by atoms with E-state index in [1.807, 2.05) is 7.05 Å². The van der Waals surface area contributed by atoms with Gasteiger partial charge in [-0.05, 0) is 26.4 Å². The minimum atomic E-state index is -0.927. The first-order valence-corrected chi connectivity index (χ1v) is 5.45. The molecule has 2 unspecified atom stereocenters. The third-order valence-corrected chi connectivity index (χ3v) is 2.74. The number of nitrogens with zero attached hydrogens (tertiary/aromatic N) is 1. The fourth-order valence-electron chi connectivity index (χ4n) is 1.77. The molecule has 0 saturated carbocycles. The third-order valence-electron chi connectivity index (χ3n) is 2.74. The summed E-state index contributed by atoms with van der Waals surface area (Å²) in [4.78, 5) is 24.0. The normalized spacial score (nSPS) is 23.0. The molecule has 16 heavy (non-hydrogen) atoms. The molecule has 0 aliphatic carbocycles. The number of hydrogen-bond acceptors (Lipinski definition) is 4. The highest BCUT2D eigenvalue weighted by Gasteiger charge is 2.23. The zero-order chi connectivity index (χ0) is 12.1. The zero-order valence-corrected chi connectivity index (χ0v) is 9.48. The number of likely N-dealkylation sites (N-methyl/N-ethyl adjacent to an activating group) is 1.